The molecule has 2 aromatic carbocycles. The van der Waals surface area contributed by atoms with Crippen LogP contribution in [0.1, 0.15) is 31.9 Å². The Balaban J connectivity index is 2.02. The average Bonchev–Trinajstić information content (AvgIpc) is 2.58. The van der Waals surface area contributed by atoms with E-state index in [9.17, 15) is 4.79 Å². The van der Waals surface area contributed by atoms with Crippen molar-refractivity contribution in [3.8, 4) is 11.5 Å². The van der Waals surface area contributed by atoms with Gasteiger partial charge in [0.1, 0.15) is 11.5 Å². The molecule has 24 heavy (non-hydrogen) atoms. The second-order valence-corrected chi connectivity index (χ2v) is 5.62. The molecule has 0 spiro atoms. The molecule has 0 aromatic heterocycles. The molecule has 2 rings (SSSR count). The summed E-state index contributed by atoms with van der Waals surface area (Å²) in [6, 6.07) is 13.3. The van der Waals surface area contributed by atoms with Gasteiger partial charge in [0.25, 0.3) is 5.91 Å². The lowest BCUT2D eigenvalue weighted by Gasteiger charge is -2.18. The van der Waals surface area contributed by atoms with E-state index in [1.54, 1.807) is 19.1 Å². The summed E-state index contributed by atoms with van der Waals surface area (Å²) in [6.07, 6.45) is 0.276. The lowest BCUT2D eigenvalue weighted by atomic mass is 10.1. The van der Waals surface area contributed by atoms with E-state index in [-0.39, 0.29) is 5.91 Å². The zero-order valence-electron chi connectivity index (χ0n) is 14.8. The van der Waals surface area contributed by atoms with Crippen molar-refractivity contribution in [3.05, 3.63) is 53.6 Å². The Kier molecular flexibility index (Phi) is 6.24. The highest BCUT2D eigenvalue weighted by atomic mass is 16.5. The first kappa shape index (κ1) is 17.9. The van der Waals surface area contributed by atoms with Crippen molar-refractivity contribution in [1.82, 2.24) is 0 Å². The number of ether oxygens (including phenoxy) is 2. The number of benzene rings is 2. The second kappa shape index (κ2) is 8.39. The first-order chi connectivity index (χ1) is 11.5. The van der Waals surface area contributed by atoms with Gasteiger partial charge >= 0.3 is 0 Å². The molecular weight excluding hydrogens is 302 g/mol. The Bertz CT molecular complexity index is 680. The van der Waals surface area contributed by atoms with E-state index >= 15 is 0 Å². The second-order valence-electron chi connectivity index (χ2n) is 5.62. The van der Waals surface area contributed by atoms with E-state index in [0.29, 0.717) is 12.4 Å². The monoisotopic (exact) mass is 327 g/mol. The Morgan fingerprint density at radius 2 is 1.75 bits per heavy atom. The molecule has 0 bridgehead atoms. The zero-order chi connectivity index (χ0) is 17.5. The lowest BCUT2D eigenvalue weighted by molar-refractivity contribution is -0.122. The Morgan fingerprint density at radius 3 is 2.38 bits per heavy atom. The molecule has 0 fully saturated rings. The minimum Gasteiger partial charge on any atom is -0.494 e. The molecule has 0 aliphatic rings. The van der Waals surface area contributed by atoms with Gasteiger partial charge in [-0.3, -0.25) is 4.79 Å². The van der Waals surface area contributed by atoms with Crippen molar-refractivity contribution in [2.24, 2.45) is 0 Å². The standard InChI is InChI=1S/C20H25NO3/c1-5-16-9-7-8-14(3)19(16)21-20(22)15(4)24-18-12-10-17(11-13-18)23-6-2/h7-13,15H,5-6H2,1-4H3,(H,21,22). The van der Waals surface area contributed by atoms with Crippen molar-refractivity contribution in [2.75, 3.05) is 11.9 Å². The van der Waals surface area contributed by atoms with Crippen LogP contribution < -0.4 is 14.8 Å². The fraction of sp³-hybridized carbons (Fsp3) is 0.350. The SMILES string of the molecule is CCOc1ccc(OC(C)C(=O)Nc2c(C)cccc2CC)cc1. The summed E-state index contributed by atoms with van der Waals surface area (Å²) in [4.78, 5) is 12.4. The molecule has 4 nitrogen and oxygen atoms in total. The molecule has 4 heteroatoms. The van der Waals surface area contributed by atoms with Crippen molar-refractivity contribution >= 4 is 11.6 Å². The van der Waals surface area contributed by atoms with Gasteiger partial charge < -0.3 is 14.8 Å². The third-order valence-corrected chi connectivity index (χ3v) is 3.81. The van der Waals surface area contributed by atoms with Crippen LogP contribution in [-0.4, -0.2) is 18.6 Å². The highest BCUT2D eigenvalue weighted by Crippen LogP contribution is 2.22. The fourth-order valence-corrected chi connectivity index (χ4v) is 2.47. The van der Waals surface area contributed by atoms with E-state index in [4.69, 9.17) is 9.47 Å². The first-order valence-corrected chi connectivity index (χ1v) is 8.34. The zero-order valence-corrected chi connectivity index (χ0v) is 14.8. The first-order valence-electron chi connectivity index (χ1n) is 8.34. The van der Waals surface area contributed by atoms with Crippen LogP contribution >= 0.6 is 0 Å². The lowest BCUT2D eigenvalue weighted by Crippen LogP contribution is -2.30. The third kappa shape index (κ3) is 4.51. The fourth-order valence-electron chi connectivity index (χ4n) is 2.47. The number of para-hydroxylation sites is 1. The van der Waals surface area contributed by atoms with E-state index in [1.807, 2.05) is 44.2 Å². The van der Waals surface area contributed by atoms with Gasteiger partial charge in [0.05, 0.1) is 6.61 Å². The summed E-state index contributed by atoms with van der Waals surface area (Å²) >= 11 is 0. The molecular formula is C20H25NO3. The summed E-state index contributed by atoms with van der Waals surface area (Å²) < 4.78 is 11.1. The summed E-state index contributed by atoms with van der Waals surface area (Å²) in [5.74, 6) is 1.27. The third-order valence-electron chi connectivity index (χ3n) is 3.81. The summed E-state index contributed by atoms with van der Waals surface area (Å²) in [5, 5.41) is 2.99. The highest BCUT2D eigenvalue weighted by molar-refractivity contribution is 5.95. The summed E-state index contributed by atoms with van der Waals surface area (Å²) in [6.45, 7) is 8.37. The number of hydrogen-bond donors (Lipinski definition) is 1. The maximum Gasteiger partial charge on any atom is 0.265 e. The van der Waals surface area contributed by atoms with Crippen molar-refractivity contribution < 1.29 is 14.3 Å². The molecule has 1 atom stereocenters. The number of rotatable bonds is 7. The van der Waals surface area contributed by atoms with Crippen LogP contribution in [0.25, 0.3) is 0 Å². The maximum atomic E-state index is 12.4. The van der Waals surface area contributed by atoms with Gasteiger partial charge in [-0.25, -0.2) is 0 Å². The van der Waals surface area contributed by atoms with Crippen LogP contribution in [0.15, 0.2) is 42.5 Å². The van der Waals surface area contributed by atoms with E-state index < -0.39 is 6.10 Å². The van der Waals surface area contributed by atoms with Gasteiger partial charge in [0.2, 0.25) is 0 Å². The normalized spacial score (nSPS) is 11.7. The number of carbonyl (C=O) groups is 1. The highest BCUT2D eigenvalue weighted by Gasteiger charge is 2.17. The number of carbonyl (C=O) groups excluding carboxylic acids is 1. The van der Waals surface area contributed by atoms with Crippen LogP contribution in [-0.2, 0) is 11.2 Å². The van der Waals surface area contributed by atoms with Crippen LogP contribution in [0.4, 0.5) is 5.69 Å². The molecule has 0 aliphatic heterocycles. The molecule has 1 unspecified atom stereocenters. The van der Waals surface area contributed by atoms with Gasteiger partial charge in [-0.1, -0.05) is 25.1 Å². The van der Waals surface area contributed by atoms with Gasteiger partial charge in [-0.2, -0.15) is 0 Å². The van der Waals surface area contributed by atoms with E-state index in [2.05, 4.69) is 12.2 Å². The Labute approximate surface area is 143 Å². The maximum absolute atomic E-state index is 12.4. The average molecular weight is 327 g/mol. The van der Waals surface area contributed by atoms with Crippen molar-refractivity contribution in [2.45, 2.75) is 40.2 Å². The minimum atomic E-state index is -0.591. The molecule has 128 valence electrons. The quantitative estimate of drug-likeness (QED) is 0.822. The van der Waals surface area contributed by atoms with Crippen LogP contribution in [0.2, 0.25) is 0 Å². The number of anilines is 1. The predicted molar refractivity (Wildman–Crippen MR) is 96.9 cm³/mol. The Hall–Kier alpha value is -2.49. The van der Waals surface area contributed by atoms with Crippen LogP contribution in [0, 0.1) is 6.92 Å². The number of hydrogen-bond acceptors (Lipinski definition) is 3. The molecule has 0 saturated carbocycles. The summed E-state index contributed by atoms with van der Waals surface area (Å²) in [5.41, 5.74) is 3.06. The van der Waals surface area contributed by atoms with Crippen LogP contribution in [0.5, 0.6) is 11.5 Å². The molecule has 0 radical (unpaired) electrons. The van der Waals surface area contributed by atoms with Gasteiger partial charge in [0, 0.05) is 5.69 Å². The van der Waals surface area contributed by atoms with E-state index in [1.165, 1.54) is 0 Å². The van der Waals surface area contributed by atoms with Crippen molar-refractivity contribution in [3.63, 3.8) is 0 Å². The molecule has 0 aliphatic carbocycles. The topological polar surface area (TPSA) is 47.6 Å². The van der Waals surface area contributed by atoms with E-state index in [0.717, 1.165) is 29.0 Å². The predicted octanol–water partition coefficient (Wildman–Crippen LogP) is 4.36. The van der Waals surface area contributed by atoms with Gasteiger partial charge in [-0.15, -0.1) is 0 Å². The Morgan fingerprint density at radius 1 is 1.08 bits per heavy atom. The minimum absolute atomic E-state index is 0.159. The summed E-state index contributed by atoms with van der Waals surface area (Å²) in [7, 11) is 0. The molecule has 1 N–H and O–H groups in total. The molecule has 2 aromatic rings. The number of amides is 1. The molecule has 0 heterocycles. The van der Waals surface area contributed by atoms with Gasteiger partial charge in [0.15, 0.2) is 6.10 Å². The van der Waals surface area contributed by atoms with Crippen LogP contribution in [0.3, 0.4) is 0 Å². The smallest absolute Gasteiger partial charge is 0.265 e. The largest absolute Gasteiger partial charge is 0.494 e. The molecule has 0 saturated heterocycles. The molecule has 1 amide bonds. The van der Waals surface area contributed by atoms with Gasteiger partial charge in [-0.05, 0) is 62.6 Å². The number of aryl methyl sites for hydroxylation is 2. The number of nitrogens with one attached hydrogen (secondary N) is 1. The van der Waals surface area contributed by atoms with Crippen molar-refractivity contribution in [1.29, 1.82) is 0 Å².